The smallest absolute Gasteiger partial charge is 0.179 e. The molecule has 1 atom stereocenters. The Kier molecular flexibility index (Phi) is 5.68. The number of hydrogen-bond acceptors (Lipinski definition) is 4. The number of aliphatic carboxylic acids is 1. The molecule has 14 heavy (non-hydrogen) atoms. The van der Waals surface area contributed by atoms with Gasteiger partial charge in [-0.05, 0) is 19.4 Å². The van der Waals surface area contributed by atoms with Gasteiger partial charge in [0.25, 0.3) is 0 Å². The van der Waals surface area contributed by atoms with Gasteiger partial charge in [0.05, 0.1) is 27.1 Å². The highest BCUT2D eigenvalue weighted by molar-refractivity contribution is 5.71. The fourth-order valence-electron chi connectivity index (χ4n) is 0.886. The standard InChI is InChI=1S/C5H9NO2.C4H12NO/c7-5(8)4-2-1-3-6-4;1-5(2,3)4-6/h4,6H,1-3H2,(H,7,8);6H,4H2,1-3H3/q;+1/p-1/t4-;/m0./s1. The van der Waals surface area contributed by atoms with Gasteiger partial charge in [0.15, 0.2) is 6.73 Å². The molecular formula is C9H20N2O3. The third kappa shape index (κ3) is 6.82. The monoisotopic (exact) mass is 204 g/mol. The second-order valence-electron chi connectivity index (χ2n) is 4.40. The Morgan fingerprint density at radius 2 is 2.07 bits per heavy atom. The Bertz CT molecular complexity index is 171. The van der Waals surface area contributed by atoms with E-state index in [0.29, 0.717) is 4.48 Å². The van der Waals surface area contributed by atoms with E-state index in [1.165, 1.54) is 0 Å². The van der Waals surface area contributed by atoms with Crippen LogP contribution < -0.4 is 10.4 Å². The molecule has 0 saturated carbocycles. The zero-order valence-corrected chi connectivity index (χ0v) is 9.12. The minimum Gasteiger partial charge on any atom is -0.548 e. The predicted molar refractivity (Wildman–Crippen MR) is 51.1 cm³/mol. The molecule has 0 aliphatic carbocycles. The van der Waals surface area contributed by atoms with Crippen LogP contribution in [-0.2, 0) is 4.79 Å². The first kappa shape index (κ1) is 13.4. The summed E-state index contributed by atoms with van der Waals surface area (Å²) in [5, 5.41) is 21.2. The third-order valence-electron chi connectivity index (χ3n) is 1.77. The molecule has 0 aromatic heterocycles. The number of carbonyl (C=O) groups is 1. The zero-order valence-electron chi connectivity index (χ0n) is 9.12. The van der Waals surface area contributed by atoms with Crippen LogP contribution in [0.5, 0.6) is 0 Å². The second-order valence-corrected chi connectivity index (χ2v) is 4.40. The van der Waals surface area contributed by atoms with Crippen LogP contribution in [0.3, 0.4) is 0 Å². The molecule has 1 aliphatic heterocycles. The maximum atomic E-state index is 10.0. The molecule has 5 nitrogen and oxygen atoms in total. The molecule has 1 heterocycles. The lowest BCUT2D eigenvalue weighted by Crippen LogP contribution is -2.41. The number of carboxylic acids is 1. The summed E-state index contributed by atoms with van der Waals surface area (Å²) < 4.78 is 0.625. The van der Waals surface area contributed by atoms with Gasteiger partial charge in [0.2, 0.25) is 0 Å². The van der Waals surface area contributed by atoms with Crippen LogP contribution in [0.2, 0.25) is 0 Å². The summed E-state index contributed by atoms with van der Waals surface area (Å²) >= 11 is 0. The molecule has 0 aromatic rings. The minimum absolute atomic E-state index is 0.208. The quantitative estimate of drug-likeness (QED) is 0.408. The molecule has 1 aliphatic rings. The summed E-state index contributed by atoms with van der Waals surface area (Å²) in [4.78, 5) is 10.0. The van der Waals surface area contributed by atoms with Gasteiger partial charge in [-0.3, -0.25) is 0 Å². The van der Waals surface area contributed by atoms with E-state index in [1.807, 2.05) is 21.1 Å². The summed E-state index contributed by atoms with van der Waals surface area (Å²) in [6.07, 6.45) is 1.68. The Hall–Kier alpha value is -0.650. The molecule has 0 aromatic carbocycles. The molecule has 0 amide bonds. The number of rotatable bonds is 2. The number of nitrogens with one attached hydrogen (secondary N) is 1. The first-order valence-corrected chi connectivity index (χ1v) is 4.72. The number of aliphatic hydroxyl groups excluding tert-OH is 1. The number of quaternary nitrogens is 1. The molecule has 0 bridgehead atoms. The van der Waals surface area contributed by atoms with E-state index in [9.17, 15) is 9.90 Å². The summed E-state index contributed by atoms with van der Waals surface area (Å²) in [7, 11) is 5.79. The van der Waals surface area contributed by atoms with Gasteiger partial charge in [-0.15, -0.1) is 0 Å². The van der Waals surface area contributed by atoms with Crippen molar-refractivity contribution < 1.29 is 19.5 Å². The fourth-order valence-corrected chi connectivity index (χ4v) is 0.886. The Balaban J connectivity index is 0.000000255. The molecule has 1 fully saturated rings. The number of carboxylic acid groups (broad SMARTS) is 1. The summed E-state index contributed by atoms with van der Waals surface area (Å²) in [5.41, 5.74) is 0. The molecular weight excluding hydrogens is 184 g/mol. The van der Waals surface area contributed by atoms with E-state index >= 15 is 0 Å². The van der Waals surface area contributed by atoms with Crippen molar-refractivity contribution in [2.45, 2.75) is 18.9 Å². The van der Waals surface area contributed by atoms with Gasteiger partial charge >= 0.3 is 0 Å². The van der Waals surface area contributed by atoms with Gasteiger partial charge in [0.1, 0.15) is 0 Å². The average Bonchev–Trinajstić information content (AvgIpc) is 2.56. The molecule has 84 valence electrons. The largest absolute Gasteiger partial charge is 0.548 e. The topological polar surface area (TPSA) is 72.4 Å². The van der Waals surface area contributed by atoms with E-state index in [2.05, 4.69) is 5.32 Å². The first-order chi connectivity index (χ1) is 6.37. The third-order valence-corrected chi connectivity index (χ3v) is 1.77. The van der Waals surface area contributed by atoms with Gasteiger partial charge in [0, 0.05) is 6.04 Å². The zero-order chi connectivity index (χ0) is 11.2. The van der Waals surface area contributed by atoms with Crippen LogP contribution in [0, 0.1) is 0 Å². The van der Waals surface area contributed by atoms with Crippen molar-refractivity contribution in [3.05, 3.63) is 0 Å². The highest BCUT2D eigenvalue weighted by Gasteiger charge is 2.13. The predicted octanol–water partition coefficient (Wildman–Crippen LogP) is -1.87. The molecule has 1 rings (SSSR count). The number of carbonyl (C=O) groups excluding carboxylic acids is 1. The first-order valence-electron chi connectivity index (χ1n) is 4.72. The van der Waals surface area contributed by atoms with Gasteiger partial charge in [-0.2, -0.15) is 0 Å². The van der Waals surface area contributed by atoms with Crippen LogP contribution in [0.1, 0.15) is 12.8 Å². The Labute approximate surface area is 84.9 Å². The lowest BCUT2D eigenvalue weighted by Gasteiger charge is -2.19. The van der Waals surface area contributed by atoms with E-state index in [0.717, 1.165) is 19.4 Å². The lowest BCUT2D eigenvalue weighted by molar-refractivity contribution is -0.889. The molecule has 0 spiro atoms. The molecule has 0 radical (unpaired) electrons. The van der Waals surface area contributed by atoms with Crippen molar-refractivity contribution in [1.29, 1.82) is 0 Å². The minimum atomic E-state index is -0.970. The van der Waals surface area contributed by atoms with Crippen LogP contribution in [0.4, 0.5) is 0 Å². The normalized spacial score (nSPS) is 21.3. The summed E-state index contributed by atoms with van der Waals surface area (Å²) in [5.74, 6) is -0.970. The Morgan fingerprint density at radius 1 is 1.57 bits per heavy atom. The van der Waals surface area contributed by atoms with Crippen molar-refractivity contribution in [3.8, 4) is 0 Å². The van der Waals surface area contributed by atoms with Crippen molar-refractivity contribution in [2.75, 3.05) is 34.4 Å². The maximum absolute atomic E-state index is 10.0. The highest BCUT2D eigenvalue weighted by Crippen LogP contribution is 2.02. The van der Waals surface area contributed by atoms with Crippen LogP contribution in [0.25, 0.3) is 0 Å². The fraction of sp³-hybridized carbons (Fsp3) is 0.889. The number of aliphatic hydroxyl groups is 1. The SMILES string of the molecule is C[N+](C)(C)CO.O=C([O-])[C@@H]1CCCN1. The van der Waals surface area contributed by atoms with Crippen LogP contribution >= 0.6 is 0 Å². The highest BCUT2D eigenvalue weighted by atomic mass is 16.4. The number of nitrogens with zero attached hydrogens (tertiary/aromatic N) is 1. The van der Waals surface area contributed by atoms with Gasteiger partial charge in [-0.25, -0.2) is 0 Å². The van der Waals surface area contributed by atoms with Crippen molar-refractivity contribution in [3.63, 3.8) is 0 Å². The van der Waals surface area contributed by atoms with E-state index in [-0.39, 0.29) is 12.8 Å². The van der Waals surface area contributed by atoms with Gasteiger partial charge in [-0.1, -0.05) is 0 Å². The molecule has 2 N–H and O–H groups in total. The average molecular weight is 204 g/mol. The van der Waals surface area contributed by atoms with E-state index in [1.54, 1.807) is 0 Å². The lowest BCUT2D eigenvalue weighted by atomic mass is 10.2. The van der Waals surface area contributed by atoms with E-state index < -0.39 is 5.97 Å². The van der Waals surface area contributed by atoms with Crippen molar-refractivity contribution in [2.24, 2.45) is 0 Å². The number of hydrogen-bond donors (Lipinski definition) is 2. The van der Waals surface area contributed by atoms with Gasteiger partial charge < -0.3 is 24.8 Å². The maximum Gasteiger partial charge on any atom is 0.179 e. The van der Waals surface area contributed by atoms with Crippen LogP contribution in [0.15, 0.2) is 0 Å². The molecule has 1 saturated heterocycles. The summed E-state index contributed by atoms with van der Waals surface area (Å²) in [6, 6.07) is -0.380. The Morgan fingerprint density at radius 3 is 2.21 bits per heavy atom. The second kappa shape index (κ2) is 5.95. The molecule has 0 unspecified atom stereocenters. The van der Waals surface area contributed by atoms with E-state index in [4.69, 9.17) is 5.11 Å². The van der Waals surface area contributed by atoms with Crippen molar-refractivity contribution in [1.82, 2.24) is 5.32 Å². The van der Waals surface area contributed by atoms with Crippen LogP contribution in [-0.4, -0.2) is 56.0 Å². The molecule has 5 heteroatoms. The summed E-state index contributed by atoms with van der Waals surface area (Å²) in [6.45, 7) is 1.03. The van der Waals surface area contributed by atoms with Crippen molar-refractivity contribution >= 4 is 5.97 Å².